The zero-order valence-corrected chi connectivity index (χ0v) is 14.2. The number of hydrogen-bond donors (Lipinski definition) is 0. The summed E-state index contributed by atoms with van der Waals surface area (Å²) in [4.78, 5) is 28.6. The second-order valence-electron chi connectivity index (χ2n) is 4.49. The van der Waals surface area contributed by atoms with E-state index in [-0.39, 0.29) is 20.9 Å². The van der Waals surface area contributed by atoms with Crippen LogP contribution in [-0.2, 0) is 21.1 Å². The van der Waals surface area contributed by atoms with E-state index in [1.165, 1.54) is 11.6 Å². The van der Waals surface area contributed by atoms with Crippen LogP contribution in [0.5, 0.6) is 0 Å². The van der Waals surface area contributed by atoms with Gasteiger partial charge in [0.05, 0.1) is 4.83 Å². The SMILES string of the molecule is C[C@@H](Br)[C@@H](Br)c1nc2c(c(=O)n(C)c(=O)n2C)n1C. The molecule has 0 radical (unpaired) electrons. The highest BCUT2D eigenvalue weighted by molar-refractivity contribution is 9.12. The molecular formula is C11H14Br2N4O2. The smallest absolute Gasteiger partial charge is 0.324 e. The maximum Gasteiger partial charge on any atom is 0.332 e. The molecule has 0 aliphatic heterocycles. The lowest BCUT2D eigenvalue weighted by Crippen LogP contribution is -2.37. The Labute approximate surface area is 126 Å². The molecule has 0 fully saturated rings. The number of halogens is 2. The van der Waals surface area contributed by atoms with Crippen LogP contribution in [0.25, 0.3) is 11.2 Å². The fourth-order valence-electron chi connectivity index (χ4n) is 1.99. The number of imidazole rings is 1. The number of hydrogen-bond acceptors (Lipinski definition) is 3. The van der Waals surface area contributed by atoms with Gasteiger partial charge in [-0.2, -0.15) is 0 Å². The Morgan fingerprint density at radius 2 is 1.63 bits per heavy atom. The first-order valence-electron chi connectivity index (χ1n) is 5.67. The predicted octanol–water partition coefficient (Wildman–Crippen LogP) is 1.19. The van der Waals surface area contributed by atoms with Gasteiger partial charge in [-0.15, -0.1) is 0 Å². The summed E-state index contributed by atoms with van der Waals surface area (Å²) in [6.07, 6.45) is 0. The standard InChI is InChI=1S/C11H14Br2N4O2/c1-5(12)6(13)8-14-9-7(15(8)2)10(18)17(4)11(19)16(9)3/h5-6H,1-4H3/t5-,6-/m1/s1. The van der Waals surface area contributed by atoms with Crippen molar-refractivity contribution in [2.45, 2.75) is 16.6 Å². The summed E-state index contributed by atoms with van der Waals surface area (Å²) in [5, 5.41) is 0. The monoisotopic (exact) mass is 392 g/mol. The lowest BCUT2D eigenvalue weighted by atomic mass is 10.3. The third-order valence-electron chi connectivity index (χ3n) is 3.16. The summed E-state index contributed by atoms with van der Waals surface area (Å²) in [6.45, 7) is 1.98. The van der Waals surface area contributed by atoms with E-state index < -0.39 is 0 Å². The van der Waals surface area contributed by atoms with Crippen molar-refractivity contribution >= 4 is 43.0 Å². The Kier molecular flexibility index (Phi) is 3.74. The zero-order valence-electron chi connectivity index (χ0n) is 11.0. The highest BCUT2D eigenvalue weighted by Gasteiger charge is 2.23. The van der Waals surface area contributed by atoms with Crippen molar-refractivity contribution in [3.8, 4) is 0 Å². The Morgan fingerprint density at radius 3 is 2.16 bits per heavy atom. The molecule has 0 N–H and O–H groups in total. The van der Waals surface area contributed by atoms with Gasteiger partial charge >= 0.3 is 5.69 Å². The van der Waals surface area contributed by atoms with Crippen LogP contribution in [0, 0.1) is 0 Å². The van der Waals surface area contributed by atoms with Crippen molar-refractivity contribution in [1.82, 2.24) is 18.7 Å². The second kappa shape index (κ2) is 4.90. The fraction of sp³-hybridized carbons (Fsp3) is 0.545. The molecule has 2 aromatic rings. The molecule has 2 aromatic heterocycles. The van der Waals surface area contributed by atoms with Gasteiger partial charge in [0.1, 0.15) is 5.82 Å². The summed E-state index contributed by atoms with van der Waals surface area (Å²) in [6, 6.07) is 0. The van der Waals surface area contributed by atoms with Crippen LogP contribution in [0.4, 0.5) is 0 Å². The minimum Gasteiger partial charge on any atom is -0.324 e. The second-order valence-corrected chi connectivity index (χ2v) is 6.92. The first-order chi connectivity index (χ1) is 8.77. The lowest BCUT2D eigenvalue weighted by molar-refractivity contribution is 0.705. The number of nitrogens with zero attached hydrogens (tertiary/aromatic N) is 4. The molecule has 0 aromatic carbocycles. The van der Waals surface area contributed by atoms with Gasteiger partial charge in [-0.05, 0) is 0 Å². The Morgan fingerprint density at radius 1 is 1.05 bits per heavy atom. The molecule has 0 bridgehead atoms. The third-order valence-corrected chi connectivity index (χ3v) is 5.60. The fourth-order valence-corrected chi connectivity index (χ4v) is 2.63. The maximum atomic E-state index is 12.2. The van der Waals surface area contributed by atoms with E-state index in [9.17, 15) is 9.59 Å². The highest BCUT2D eigenvalue weighted by Crippen LogP contribution is 2.30. The van der Waals surface area contributed by atoms with Gasteiger partial charge in [-0.1, -0.05) is 38.8 Å². The topological polar surface area (TPSA) is 61.8 Å². The van der Waals surface area contributed by atoms with Crippen LogP contribution in [0.2, 0.25) is 0 Å². The molecule has 0 aliphatic carbocycles. The Balaban J connectivity index is 2.93. The van der Waals surface area contributed by atoms with E-state index in [2.05, 4.69) is 36.8 Å². The zero-order chi connectivity index (χ0) is 14.5. The molecule has 6 nitrogen and oxygen atoms in total. The van der Waals surface area contributed by atoms with Gasteiger partial charge in [-0.25, -0.2) is 9.78 Å². The molecule has 2 rings (SSSR count). The molecule has 8 heteroatoms. The van der Waals surface area contributed by atoms with E-state index >= 15 is 0 Å². The summed E-state index contributed by atoms with van der Waals surface area (Å²) in [5.74, 6) is 0.706. The van der Waals surface area contributed by atoms with Crippen molar-refractivity contribution < 1.29 is 0 Å². The number of rotatable bonds is 2. The minimum atomic E-state index is -0.375. The highest BCUT2D eigenvalue weighted by atomic mass is 79.9. The van der Waals surface area contributed by atoms with E-state index in [1.807, 2.05) is 6.92 Å². The Hall–Kier alpha value is -0.890. The van der Waals surface area contributed by atoms with Crippen LogP contribution < -0.4 is 11.2 Å². The molecule has 19 heavy (non-hydrogen) atoms. The van der Waals surface area contributed by atoms with Crippen molar-refractivity contribution in [1.29, 1.82) is 0 Å². The van der Waals surface area contributed by atoms with Crippen LogP contribution in [0.1, 0.15) is 17.6 Å². The summed E-state index contributed by atoms with van der Waals surface area (Å²) in [7, 11) is 4.86. The van der Waals surface area contributed by atoms with Crippen molar-refractivity contribution in [2.24, 2.45) is 21.1 Å². The van der Waals surface area contributed by atoms with Gasteiger partial charge in [-0.3, -0.25) is 13.9 Å². The predicted molar refractivity (Wildman–Crippen MR) is 81.3 cm³/mol. The molecule has 0 saturated carbocycles. The van der Waals surface area contributed by atoms with E-state index in [1.54, 1.807) is 18.7 Å². The van der Waals surface area contributed by atoms with Gasteiger partial charge in [0, 0.05) is 26.0 Å². The number of aryl methyl sites for hydroxylation is 2. The molecule has 0 saturated heterocycles. The third kappa shape index (κ3) is 2.10. The molecule has 0 aliphatic rings. The van der Waals surface area contributed by atoms with Crippen molar-refractivity contribution in [3.05, 3.63) is 26.7 Å². The average molecular weight is 394 g/mol. The number of aromatic nitrogens is 4. The molecule has 2 atom stereocenters. The first-order valence-corrected chi connectivity index (χ1v) is 7.51. The van der Waals surface area contributed by atoms with Crippen molar-refractivity contribution in [2.75, 3.05) is 0 Å². The van der Waals surface area contributed by atoms with Gasteiger partial charge in [0.2, 0.25) is 0 Å². The van der Waals surface area contributed by atoms with Crippen LogP contribution in [-0.4, -0.2) is 23.5 Å². The van der Waals surface area contributed by atoms with Crippen LogP contribution >= 0.6 is 31.9 Å². The summed E-state index contributed by atoms with van der Waals surface area (Å²) >= 11 is 7.02. The first kappa shape index (κ1) is 14.5. The normalized spacial score (nSPS) is 14.8. The maximum absolute atomic E-state index is 12.2. The van der Waals surface area contributed by atoms with E-state index in [0.29, 0.717) is 17.0 Å². The summed E-state index contributed by atoms with van der Waals surface area (Å²) in [5.41, 5.74) is 0.127. The summed E-state index contributed by atoms with van der Waals surface area (Å²) < 4.78 is 4.21. The van der Waals surface area contributed by atoms with Crippen molar-refractivity contribution in [3.63, 3.8) is 0 Å². The van der Waals surface area contributed by atoms with Gasteiger partial charge in [0.25, 0.3) is 5.56 Å². The Bertz CT molecular complexity index is 757. The lowest BCUT2D eigenvalue weighted by Gasteiger charge is -2.11. The largest absolute Gasteiger partial charge is 0.332 e. The number of alkyl halides is 2. The van der Waals surface area contributed by atoms with Gasteiger partial charge in [0.15, 0.2) is 11.2 Å². The molecule has 0 amide bonds. The molecule has 0 unspecified atom stereocenters. The quantitative estimate of drug-likeness (QED) is 0.720. The molecule has 104 valence electrons. The number of fused-ring (bicyclic) bond motifs is 1. The van der Waals surface area contributed by atoms with Gasteiger partial charge < -0.3 is 4.57 Å². The van der Waals surface area contributed by atoms with Crippen LogP contribution in [0.3, 0.4) is 0 Å². The minimum absolute atomic E-state index is 0.0512. The molecular weight excluding hydrogens is 380 g/mol. The molecule has 0 spiro atoms. The molecule has 2 heterocycles. The average Bonchev–Trinajstić information content (AvgIpc) is 2.70. The van der Waals surface area contributed by atoms with E-state index in [4.69, 9.17) is 0 Å². The van der Waals surface area contributed by atoms with E-state index in [0.717, 1.165) is 4.57 Å². The van der Waals surface area contributed by atoms with Crippen LogP contribution in [0.15, 0.2) is 9.59 Å².